The molecule has 88 valence electrons. The van der Waals surface area contributed by atoms with Crippen LogP contribution in [0.2, 0.25) is 0 Å². The number of alkyl halides is 2. The highest BCUT2D eigenvalue weighted by molar-refractivity contribution is 5.91. The molecule has 1 rings (SSSR count). The van der Waals surface area contributed by atoms with E-state index in [0.717, 1.165) is 6.07 Å². The average Bonchev–Trinajstić information content (AvgIpc) is 2.16. The molecule has 0 aliphatic rings. The summed E-state index contributed by atoms with van der Waals surface area (Å²) in [4.78, 5) is 24.7. The highest BCUT2D eigenvalue weighted by atomic mass is 19.3. The van der Waals surface area contributed by atoms with E-state index in [2.05, 4.69) is 9.72 Å². The monoisotopic (exact) mass is 232 g/mol. The quantitative estimate of drug-likeness (QED) is 0.763. The zero-order chi connectivity index (χ0) is 12.3. The van der Waals surface area contributed by atoms with Gasteiger partial charge in [-0.1, -0.05) is 0 Å². The molecule has 0 atom stereocenters. The standard InChI is InChI=1S/C9H10F2N2O3/c1-2-16-9(15)6-4(7(10)11)3-5(12)13-8(6)14/h3,7H,2H2,1H3,(H3,12,13,14). The Morgan fingerprint density at radius 1 is 1.62 bits per heavy atom. The van der Waals surface area contributed by atoms with Gasteiger partial charge < -0.3 is 15.5 Å². The summed E-state index contributed by atoms with van der Waals surface area (Å²) in [7, 11) is 0. The summed E-state index contributed by atoms with van der Waals surface area (Å²) in [5.74, 6) is -1.31. The minimum Gasteiger partial charge on any atom is -0.462 e. The number of nitrogens with one attached hydrogen (secondary N) is 1. The third-order valence-electron chi connectivity index (χ3n) is 1.80. The van der Waals surface area contributed by atoms with Crippen molar-refractivity contribution in [1.82, 2.24) is 4.98 Å². The fourth-order valence-electron chi connectivity index (χ4n) is 1.19. The molecule has 1 aromatic rings. The first-order valence-corrected chi connectivity index (χ1v) is 4.45. The number of hydrogen-bond donors (Lipinski definition) is 2. The van der Waals surface area contributed by atoms with Crippen molar-refractivity contribution in [2.75, 3.05) is 12.3 Å². The number of ether oxygens (including phenoxy) is 1. The Bertz CT molecular complexity index is 457. The van der Waals surface area contributed by atoms with Gasteiger partial charge in [0.05, 0.1) is 6.61 Å². The molecule has 0 amide bonds. The zero-order valence-electron chi connectivity index (χ0n) is 8.42. The largest absolute Gasteiger partial charge is 0.462 e. The van der Waals surface area contributed by atoms with Crippen molar-refractivity contribution < 1.29 is 18.3 Å². The molecule has 0 spiro atoms. The van der Waals surface area contributed by atoms with E-state index in [1.165, 1.54) is 6.92 Å². The van der Waals surface area contributed by atoms with Crippen LogP contribution >= 0.6 is 0 Å². The second kappa shape index (κ2) is 4.73. The van der Waals surface area contributed by atoms with Crippen LogP contribution in [0.5, 0.6) is 0 Å². The maximum absolute atomic E-state index is 12.6. The maximum Gasteiger partial charge on any atom is 0.344 e. The van der Waals surface area contributed by atoms with Gasteiger partial charge in [-0.3, -0.25) is 4.79 Å². The number of aromatic amines is 1. The smallest absolute Gasteiger partial charge is 0.344 e. The number of rotatable bonds is 3. The van der Waals surface area contributed by atoms with Crippen molar-refractivity contribution >= 4 is 11.8 Å². The fourth-order valence-corrected chi connectivity index (χ4v) is 1.19. The van der Waals surface area contributed by atoms with Crippen molar-refractivity contribution in [3.8, 4) is 0 Å². The summed E-state index contributed by atoms with van der Waals surface area (Å²) >= 11 is 0. The molecule has 1 aromatic heterocycles. The number of nitrogens with two attached hydrogens (primary N) is 1. The Morgan fingerprint density at radius 3 is 2.75 bits per heavy atom. The van der Waals surface area contributed by atoms with Crippen LogP contribution in [0, 0.1) is 0 Å². The van der Waals surface area contributed by atoms with Crippen LogP contribution in [0.1, 0.15) is 29.3 Å². The summed E-state index contributed by atoms with van der Waals surface area (Å²) in [5, 5.41) is 0. The summed E-state index contributed by atoms with van der Waals surface area (Å²) in [6.45, 7) is 1.50. The lowest BCUT2D eigenvalue weighted by Gasteiger charge is -2.07. The molecule has 1 heterocycles. The lowest BCUT2D eigenvalue weighted by Crippen LogP contribution is -2.23. The number of hydrogen-bond acceptors (Lipinski definition) is 4. The third-order valence-corrected chi connectivity index (χ3v) is 1.80. The number of carbonyl (C=O) groups excluding carboxylic acids is 1. The van der Waals surface area contributed by atoms with E-state index in [1.54, 1.807) is 0 Å². The van der Waals surface area contributed by atoms with Gasteiger partial charge in [0.15, 0.2) is 0 Å². The molecule has 0 bridgehead atoms. The first kappa shape index (κ1) is 12.2. The summed E-state index contributed by atoms with van der Waals surface area (Å²) < 4.78 is 29.7. The molecule has 0 aliphatic carbocycles. The Labute approximate surface area is 89.2 Å². The average molecular weight is 232 g/mol. The third kappa shape index (κ3) is 2.36. The number of anilines is 1. The molecule has 0 aromatic carbocycles. The SMILES string of the molecule is CCOC(=O)c1c(C(F)F)cc(N)[nH]c1=O. The van der Waals surface area contributed by atoms with Gasteiger partial charge in [0.25, 0.3) is 12.0 Å². The molecule has 0 saturated carbocycles. The molecular weight excluding hydrogens is 222 g/mol. The van der Waals surface area contributed by atoms with Gasteiger partial charge in [0.1, 0.15) is 11.4 Å². The van der Waals surface area contributed by atoms with Gasteiger partial charge in [-0.15, -0.1) is 0 Å². The van der Waals surface area contributed by atoms with Crippen molar-refractivity contribution in [1.29, 1.82) is 0 Å². The number of aromatic nitrogens is 1. The molecule has 16 heavy (non-hydrogen) atoms. The second-order valence-corrected chi connectivity index (χ2v) is 2.91. The Balaban J connectivity index is 3.35. The Hall–Kier alpha value is -1.92. The van der Waals surface area contributed by atoms with Gasteiger partial charge >= 0.3 is 5.97 Å². The Morgan fingerprint density at radius 2 is 2.25 bits per heavy atom. The predicted molar refractivity (Wildman–Crippen MR) is 52.4 cm³/mol. The molecule has 0 unspecified atom stereocenters. The first-order chi connectivity index (χ1) is 7.47. The predicted octanol–water partition coefficient (Wildman–Crippen LogP) is 1.07. The van der Waals surface area contributed by atoms with Gasteiger partial charge in [-0.05, 0) is 13.0 Å². The number of carbonyl (C=O) groups is 1. The van der Waals surface area contributed by atoms with Crippen molar-refractivity contribution in [3.05, 3.63) is 27.5 Å². The topological polar surface area (TPSA) is 85.2 Å². The molecular formula is C9H10F2N2O3. The van der Waals surface area contributed by atoms with Crippen LogP contribution in [0.3, 0.4) is 0 Å². The molecule has 0 fully saturated rings. The Kier molecular flexibility index (Phi) is 3.60. The molecule has 0 aliphatic heterocycles. The van der Waals surface area contributed by atoms with Gasteiger partial charge in [-0.2, -0.15) is 0 Å². The maximum atomic E-state index is 12.6. The van der Waals surface area contributed by atoms with Gasteiger partial charge in [0.2, 0.25) is 0 Å². The highest BCUT2D eigenvalue weighted by Crippen LogP contribution is 2.22. The van der Waals surface area contributed by atoms with Crippen LogP contribution in [-0.2, 0) is 4.74 Å². The van der Waals surface area contributed by atoms with Crippen molar-refractivity contribution in [2.24, 2.45) is 0 Å². The van der Waals surface area contributed by atoms with Crippen LogP contribution in [0.4, 0.5) is 14.6 Å². The first-order valence-electron chi connectivity index (χ1n) is 4.45. The van der Waals surface area contributed by atoms with E-state index in [4.69, 9.17) is 5.73 Å². The minimum atomic E-state index is -2.97. The van der Waals surface area contributed by atoms with Gasteiger partial charge in [0, 0.05) is 5.56 Å². The lowest BCUT2D eigenvalue weighted by atomic mass is 10.1. The highest BCUT2D eigenvalue weighted by Gasteiger charge is 2.23. The molecule has 0 radical (unpaired) electrons. The lowest BCUT2D eigenvalue weighted by molar-refractivity contribution is 0.0513. The van der Waals surface area contributed by atoms with Crippen molar-refractivity contribution in [3.63, 3.8) is 0 Å². The number of H-pyrrole nitrogens is 1. The molecule has 0 saturated heterocycles. The number of halogens is 2. The summed E-state index contributed by atoms with van der Waals surface area (Å²) in [6, 6.07) is 0.846. The minimum absolute atomic E-state index is 0.00860. The molecule has 5 nitrogen and oxygen atoms in total. The number of pyridine rings is 1. The van der Waals surface area contributed by atoms with E-state index in [1.807, 2.05) is 0 Å². The van der Waals surface area contributed by atoms with E-state index in [-0.39, 0.29) is 12.4 Å². The number of esters is 1. The van der Waals surface area contributed by atoms with E-state index in [9.17, 15) is 18.4 Å². The molecule has 7 heteroatoms. The second-order valence-electron chi connectivity index (χ2n) is 2.91. The van der Waals surface area contributed by atoms with Gasteiger partial charge in [-0.25, -0.2) is 13.6 Å². The van der Waals surface area contributed by atoms with E-state index < -0.39 is 29.1 Å². The van der Waals surface area contributed by atoms with Crippen LogP contribution < -0.4 is 11.3 Å². The summed E-state index contributed by atoms with van der Waals surface area (Å²) in [6.07, 6.45) is -2.97. The normalized spacial score (nSPS) is 10.5. The summed E-state index contributed by atoms with van der Waals surface area (Å²) in [5.41, 5.74) is 2.80. The van der Waals surface area contributed by atoms with Crippen molar-refractivity contribution in [2.45, 2.75) is 13.3 Å². The van der Waals surface area contributed by atoms with Crippen LogP contribution in [0.25, 0.3) is 0 Å². The van der Waals surface area contributed by atoms with Crippen LogP contribution in [0.15, 0.2) is 10.9 Å². The van der Waals surface area contributed by atoms with Crippen LogP contribution in [-0.4, -0.2) is 17.6 Å². The van der Waals surface area contributed by atoms with E-state index in [0.29, 0.717) is 0 Å². The van der Waals surface area contributed by atoms with E-state index >= 15 is 0 Å². The molecule has 3 N–H and O–H groups in total. The number of nitrogen functional groups attached to an aromatic ring is 1. The zero-order valence-corrected chi connectivity index (χ0v) is 8.42. The fraction of sp³-hybridized carbons (Fsp3) is 0.333.